The van der Waals surface area contributed by atoms with Crippen molar-refractivity contribution >= 4 is 17.8 Å². The van der Waals surface area contributed by atoms with Gasteiger partial charge in [-0.25, -0.2) is 0 Å². The van der Waals surface area contributed by atoms with Crippen LogP contribution in [0.4, 0.5) is 0 Å². The lowest BCUT2D eigenvalue weighted by atomic mass is 9.75. The molecule has 1 heterocycles. The third-order valence-corrected chi connectivity index (χ3v) is 4.37. The van der Waals surface area contributed by atoms with Crippen LogP contribution in [0.2, 0.25) is 0 Å². The second-order valence-electron chi connectivity index (χ2n) is 6.34. The Balaban J connectivity index is 1.88. The molecule has 7 nitrogen and oxygen atoms in total. The van der Waals surface area contributed by atoms with Gasteiger partial charge in [0, 0.05) is 32.5 Å². The van der Waals surface area contributed by atoms with Crippen molar-refractivity contribution in [1.29, 1.82) is 0 Å². The normalized spacial score (nSPS) is 27.9. The van der Waals surface area contributed by atoms with Gasteiger partial charge in [-0.3, -0.25) is 14.4 Å². The molecule has 1 aliphatic carbocycles. The molecule has 1 aliphatic heterocycles. The zero-order valence-corrected chi connectivity index (χ0v) is 13.2. The number of aliphatic carboxylic acids is 1. The highest BCUT2D eigenvalue weighted by atomic mass is 16.5. The average molecular weight is 312 g/mol. The molecule has 0 spiro atoms. The SMILES string of the molecule is CC(=O)N(CC(=O)O)CC1CN(C(=O)C2CC(C)C2)CCO1. The van der Waals surface area contributed by atoms with E-state index in [4.69, 9.17) is 9.84 Å². The molecule has 0 aromatic heterocycles. The molecule has 124 valence electrons. The highest BCUT2D eigenvalue weighted by Gasteiger charge is 2.36. The minimum absolute atomic E-state index is 0.122. The van der Waals surface area contributed by atoms with Crippen molar-refractivity contribution in [3.05, 3.63) is 0 Å². The van der Waals surface area contributed by atoms with Crippen molar-refractivity contribution in [3.8, 4) is 0 Å². The number of nitrogens with zero attached hydrogens (tertiary/aromatic N) is 2. The molecule has 2 fully saturated rings. The van der Waals surface area contributed by atoms with Gasteiger partial charge in [0.2, 0.25) is 11.8 Å². The summed E-state index contributed by atoms with van der Waals surface area (Å²) in [6.45, 7) is 4.76. The topological polar surface area (TPSA) is 87.2 Å². The van der Waals surface area contributed by atoms with Crippen molar-refractivity contribution in [3.63, 3.8) is 0 Å². The highest BCUT2D eigenvalue weighted by molar-refractivity contribution is 5.80. The molecule has 2 aliphatic rings. The number of carbonyl (C=O) groups is 3. The second-order valence-corrected chi connectivity index (χ2v) is 6.34. The number of carboxylic acid groups (broad SMARTS) is 1. The number of hydrogen-bond donors (Lipinski definition) is 1. The molecule has 2 amide bonds. The van der Waals surface area contributed by atoms with Gasteiger partial charge >= 0.3 is 5.97 Å². The van der Waals surface area contributed by atoms with Crippen LogP contribution in [-0.4, -0.2) is 71.6 Å². The Kier molecular flexibility index (Phi) is 5.39. The summed E-state index contributed by atoms with van der Waals surface area (Å²) in [5.41, 5.74) is 0. The number of morpholine rings is 1. The molecule has 1 N–H and O–H groups in total. The maximum atomic E-state index is 12.4. The van der Waals surface area contributed by atoms with Crippen LogP contribution in [0.15, 0.2) is 0 Å². The third-order valence-electron chi connectivity index (χ3n) is 4.37. The summed E-state index contributed by atoms with van der Waals surface area (Å²) >= 11 is 0. The number of rotatable bonds is 5. The minimum atomic E-state index is -1.05. The van der Waals surface area contributed by atoms with E-state index in [-0.39, 0.29) is 36.9 Å². The van der Waals surface area contributed by atoms with Gasteiger partial charge in [-0.05, 0) is 18.8 Å². The molecule has 1 unspecified atom stereocenters. The van der Waals surface area contributed by atoms with Gasteiger partial charge in [-0.15, -0.1) is 0 Å². The second kappa shape index (κ2) is 7.09. The zero-order valence-electron chi connectivity index (χ0n) is 13.2. The van der Waals surface area contributed by atoms with E-state index in [9.17, 15) is 14.4 Å². The quantitative estimate of drug-likeness (QED) is 0.783. The van der Waals surface area contributed by atoms with Gasteiger partial charge in [0.25, 0.3) is 0 Å². The predicted molar refractivity (Wildman–Crippen MR) is 78.1 cm³/mol. The van der Waals surface area contributed by atoms with E-state index >= 15 is 0 Å². The van der Waals surface area contributed by atoms with Crippen LogP contribution >= 0.6 is 0 Å². The van der Waals surface area contributed by atoms with E-state index in [1.54, 1.807) is 4.90 Å². The maximum absolute atomic E-state index is 12.4. The highest BCUT2D eigenvalue weighted by Crippen LogP contribution is 2.34. The van der Waals surface area contributed by atoms with Crippen LogP contribution in [0.25, 0.3) is 0 Å². The summed E-state index contributed by atoms with van der Waals surface area (Å²) in [5, 5.41) is 8.84. The van der Waals surface area contributed by atoms with Crippen molar-refractivity contribution in [2.45, 2.75) is 32.8 Å². The Morgan fingerprint density at radius 1 is 1.32 bits per heavy atom. The summed E-state index contributed by atoms with van der Waals surface area (Å²) in [5.74, 6) is -0.449. The first kappa shape index (κ1) is 16.7. The monoisotopic (exact) mass is 312 g/mol. The Labute approximate surface area is 130 Å². The first-order valence-corrected chi connectivity index (χ1v) is 7.74. The van der Waals surface area contributed by atoms with Gasteiger partial charge in [0.15, 0.2) is 0 Å². The summed E-state index contributed by atoms with van der Waals surface area (Å²) in [4.78, 5) is 37.7. The number of hydrogen-bond acceptors (Lipinski definition) is 4. The Morgan fingerprint density at radius 2 is 2.00 bits per heavy atom. The molecule has 0 bridgehead atoms. The Bertz CT molecular complexity index is 447. The van der Waals surface area contributed by atoms with E-state index < -0.39 is 5.97 Å². The van der Waals surface area contributed by atoms with E-state index in [0.717, 1.165) is 12.8 Å². The van der Waals surface area contributed by atoms with Crippen LogP contribution in [0, 0.1) is 11.8 Å². The summed E-state index contributed by atoms with van der Waals surface area (Å²) in [6, 6.07) is 0. The first-order chi connectivity index (χ1) is 10.4. The third kappa shape index (κ3) is 4.19. The number of carboxylic acids is 1. The van der Waals surface area contributed by atoms with Crippen molar-refractivity contribution < 1.29 is 24.2 Å². The largest absolute Gasteiger partial charge is 0.480 e. The molecule has 0 aromatic rings. The summed E-state index contributed by atoms with van der Waals surface area (Å²) < 4.78 is 5.59. The molecule has 1 atom stereocenters. The van der Waals surface area contributed by atoms with E-state index in [1.165, 1.54) is 11.8 Å². The lowest BCUT2D eigenvalue weighted by Gasteiger charge is -2.40. The number of amides is 2. The lowest BCUT2D eigenvalue weighted by Crippen LogP contribution is -2.53. The molecule has 2 rings (SSSR count). The summed E-state index contributed by atoms with van der Waals surface area (Å²) in [6.07, 6.45) is 1.57. The smallest absolute Gasteiger partial charge is 0.323 e. The van der Waals surface area contributed by atoms with Gasteiger partial charge in [-0.2, -0.15) is 0 Å². The zero-order chi connectivity index (χ0) is 16.3. The van der Waals surface area contributed by atoms with Gasteiger partial charge < -0.3 is 19.6 Å². The molecule has 1 saturated heterocycles. The van der Waals surface area contributed by atoms with E-state index in [2.05, 4.69) is 6.92 Å². The molecular weight excluding hydrogens is 288 g/mol. The number of carbonyl (C=O) groups excluding carboxylic acids is 2. The van der Waals surface area contributed by atoms with Crippen LogP contribution in [0.3, 0.4) is 0 Å². The standard InChI is InChI=1S/C15H24N2O5/c1-10-5-12(6-10)15(21)16-3-4-22-13(7-16)8-17(11(2)18)9-14(19)20/h10,12-13H,3-9H2,1-2H3,(H,19,20). The molecule has 1 saturated carbocycles. The molecular formula is C15H24N2O5. The van der Waals surface area contributed by atoms with Crippen LogP contribution < -0.4 is 0 Å². The molecule has 22 heavy (non-hydrogen) atoms. The van der Waals surface area contributed by atoms with Gasteiger partial charge in [0.05, 0.1) is 12.7 Å². The predicted octanol–water partition coefficient (Wildman–Crippen LogP) is 0.193. The minimum Gasteiger partial charge on any atom is -0.480 e. The molecule has 7 heteroatoms. The van der Waals surface area contributed by atoms with Gasteiger partial charge in [0.1, 0.15) is 6.54 Å². The lowest BCUT2D eigenvalue weighted by molar-refractivity contribution is -0.151. The fourth-order valence-electron chi connectivity index (χ4n) is 3.11. The average Bonchev–Trinajstić information content (AvgIpc) is 2.42. The van der Waals surface area contributed by atoms with Crippen molar-refractivity contribution in [1.82, 2.24) is 9.80 Å². The fraction of sp³-hybridized carbons (Fsp3) is 0.800. The molecule has 0 aromatic carbocycles. The fourth-order valence-corrected chi connectivity index (χ4v) is 3.11. The van der Waals surface area contributed by atoms with Crippen molar-refractivity contribution in [2.75, 3.05) is 32.8 Å². The van der Waals surface area contributed by atoms with Crippen molar-refractivity contribution in [2.24, 2.45) is 11.8 Å². The first-order valence-electron chi connectivity index (χ1n) is 7.74. The van der Waals surface area contributed by atoms with Crippen LogP contribution in [0.1, 0.15) is 26.7 Å². The van der Waals surface area contributed by atoms with Crippen LogP contribution in [0.5, 0.6) is 0 Å². The van der Waals surface area contributed by atoms with E-state index in [1.807, 2.05) is 0 Å². The number of ether oxygens (including phenoxy) is 1. The van der Waals surface area contributed by atoms with E-state index in [0.29, 0.717) is 25.6 Å². The molecule has 0 radical (unpaired) electrons. The Hall–Kier alpha value is -1.63. The maximum Gasteiger partial charge on any atom is 0.323 e. The van der Waals surface area contributed by atoms with Gasteiger partial charge in [-0.1, -0.05) is 6.92 Å². The Morgan fingerprint density at radius 3 is 2.55 bits per heavy atom. The van der Waals surface area contributed by atoms with Crippen LogP contribution in [-0.2, 0) is 19.1 Å². The summed E-state index contributed by atoms with van der Waals surface area (Å²) in [7, 11) is 0.